The molecular formula is C18H22N4O2. The van der Waals surface area contributed by atoms with Crippen molar-refractivity contribution < 1.29 is 4.79 Å². The van der Waals surface area contributed by atoms with Crippen LogP contribution in [0.1, 0.15) is 29.8 Å². The number of rotatable bonds is 4. The van der Waals surface area contributed by atoms with Gasteiger partial charge in [0.25, 0.3) is 11.5 Å². The highest BCUT2D eigenvalue weighted by Crippen LogP contribution is 2.31. The van der Waals surface area contributed by atoms with Gasteiger partial charge in [-0.05, 0) is 37.8 Å². The molecule has 24 heavy (non-hydrogen) atoms. The Hall–Kier alpha value is -2.21. The Balaban J connectivity index is 1.49. The number of aryl methyl sites for hydroxylation is 1. The largest absolute Gasteiger partial charge is 0.350 e. The first-order valence-corrected chi connectivity index (χ1v) is 8.62. The molecule has 0 bridgehead atoms. The van der Waals surface area contributed by atoms with Crippen LogP contribution in [0.2, 0.25) is 0 Å². The summed E-state index contributed by atoms with van der Waals surface area (Å²) in [5, 5.41) is 8.34. The van der Waals surface area contributed by atoms with Gasteiger partial charge in [0.05, 0.1) is 5.39 Å². The minimum Gasteiger partial charge on any atom is -0.350 e. The third kappa shape index (κ3) is 2.82. The Bertz CT molecular complexity index is 841. The smallest absolute Gasteiger partial charge is 0.274 e. The van der Waals surface area contributed by atoms with Crippen molar-refractivity contribution in [2.24, 2.45) is 13.0 Å². The molecule has 2 aliphatic rings. The van der Waals surface area contributed by atoms with Crippen molar-refractivity contribution in [1.82, 2.24) is 20.0 Å². The molecular weight excluding hydrogens is 304 g/mol. The SMILES string of the molecule is Cn1nc(C(=O)NCC2CCN(C3CC3)C2)c2ccccc2c1=O. The minimum absolute atomic E-state index is 0.182. The highest BCUT2D eigenvalue weighted by molar-refractivity contribution is 6.04. The number of likely N-dealkylation sites (tertiary alicyclic amines) is 1. The molecule has 1 aromatic heterocycles. The molecule has 1 aliphatic heterocycles. The summed E-state index contributed by atoms with van der Waals surface area (Å²) in [5.41, 5.74) is 0.141. The van der Waals surface area contributed by atoms with Crippen molar-refractivity contribution in [1.29, 1.82) is 0 Å². The van der Waals surface area contributed by atoms with E-state index in [4.69, 9.17) is 0 Å². The predicted molar refractivity (Wildman–Crippen MR) is 92.0 cm³/mol. The van der Waals surface area contributed by atoms with Crippen LogP contribution in [0.3, 0.4) is 0 Å². The predicted octanol–water partition coefficient (Wildman–Crippen LogP) is 1.15. The maximum Gasteiger partial charge on any atom is 0.274 e. The third-order valence-corrected chi connectivity index (χ3v) is 5.10. The number of benzene rings is 1. The Kier molecular flexibility index (Phi) is 3.84. The van der Waals surface area contributed by atoms with Gasteiger partial charge in [-0.3, -0.25) is 9.59 Å². The lowest BCUT2D eigenvalue weighted by Gasteiger charge is -2.15. The molecule has 1 atom stereocenters. The van der Waals surface area contributed by atoms with Crippen molar-refractivity contribution in [3.05, 3.63) is 40.3 Å². The first-order valence-electron chi connectivity index (χ1n) is 8.62. The van der Waals surface area contributed by atoms with Crippen molar-refractivity contribution in [2.45, 2.75) is 25.3 Å². The topological polar surface area (TPSA) is 67.2 Å². The van der Waals surface area contributed by atoms with E-state index in [-0.39, 0.29) is 11.5 Å². The molecule has 1 amide bonds. The lowest BCUT2D eigenvalue weighted by Crippen LogP contribution is -2.33. The maximum atomic E-state index is 12.6. The van der Waals surface area contributed by atoms with Gasteiger partial charge in [-0.15, -0.1) is 0 Å². The Morgan fingerprint density at radius 2 is 2.00 bits per heavy atom. The van der Waals surface area contributed by atoms with E-state index in [0.717, 1.165) is 25.6 Å². The highest BCUT2D eigenvalue weighted by Gasteiger charge is 2.34. The first-order chi connectivity index (χ1) is 11.6. The fourth-order valence-electron chi connectivity index (χ4n) is 3.59. The van der Waals surface area contributed by atoms with E-state index in [0.29, 0.717) is 28.9 Å². The van der Waals surface area contributed by atoms with Crippen LogP contribution in [0.5, 0.6) is 0 Å². The molecule has 0 radical (unpaired) electrons. The van der Waals surface area contributed by atoms with Gasteiger partial charge in [0.15, 0.2) is 5.69 Å². The van der Waals surface area contributed by atoms with E-state index < -0.39 is 0 Å². The Morgan fingerprint density at radius 3 is 2.75 bits per heavy atom. The van der Waals surface area contributed by atoms with Gasteiger partial charge in [0.1, 0.15) is 0 Å². The number of carbonyl (C=O) groups excluding carboxylic acids is 1. The summed E-state index contributed by atoms with van der Waals surface area (Å²) in [6.07, 6.45) is 3.79. The molecule has 6 heteroatoms. The summed E-state index contributed by atoms with van der Waals surface area (Å²) in [6.45, 7) is 2.89. The van der Waals surface area contributed by atoms with Gasteiger partial charge in [0.2, 0.25) is 0 Å². The monoisotopic (exact) mass is 326 g/mol. The van der Waals surface area contributed by atoms with Crippen LogP contribution in [-0.4, -0.2) is 46.3 Å². The zero-order chi connectivity index (χ0) is 16.7. The van der Waals surface area contributed by atoms with Crippen LogP contribution in [0.25, 0.3) is 10.8 Å². The van der Waals surface area contributed by atoms with E-state index in [2.05, 4.69) is 15.3 Å². The number of carbonyl (C=O) groups is 1. The fraction of sp³-hybridized carbons (Fsp3) is 0.500. The Labute approximate surface area is 140 Å². The second-order valence-electron chi connectivity index (χ2n) is 6.91. The van der Waals surface area contributed by atoms with E-state index in [9.17, 15) is 9.59 Å². The van der Waals surface area contributed by atoms with Gasteiger partial charge in [-0.2, -0.15) is 5.10 Å². The van der Waals surface area contributed by atoms with Crippen molar-refractivity contribution in [3.63, 3.8) is 0 Å². The van der Waals surface area contributed by atoms with Crippen LogP contribution in [0, 0.1) is 5.92 Å². The minimum atomic E-state index is -0.202. The number of nitrogens with one attached hydrogen (secondary N) is 1. The Morgan fingerprint density at radius 1 is 1.25 bits per heavy atom. The van der Waals surface area contributed by atoms with Crippen LogP contribution in [0.4, 0.5) is 0 Å². The molecule has 1 saturated heterocycles. The van der Waals surface area contributed by atoms with Gasteiger partial charge in [-0.25, -0.2) is 4.68 Å². The van der Waals surface area contributed by atoms with Gasteiger partial charge < -0.3 is 10.2 Å². The zero-order valence-electron chi connectivity index (χ0n) is 13.9. The van der Waals surface area contributed by atoms with Crippen molar-refractivity contribution in [2.75, 3.05) is 19.6 Å². The quantitative estimate of drug-likeness (QED) is 0.915. The molecule has 6 nitrogen and oxygen atoms in total. The summed E-state index contributed by atoms with van der Waals surface area (Å²) < 4.78 is 1.24. The molecule has 1 aliphatic carbocycles. The number of nitrogens with zero attached hydrogens (tertiary/aromatic N) is 3. The first kappa shape index (κ1) is 15.3. The van der Waals surface area contributed by atoms with Gasteiger partial charge >= 0.3 is 0 Å². The molecule has 4 rings (SSSR count). The van der Waals surface area contributed by atoms with Crippen LogP contribution in [-0.2, 0) is 7.05 Å². The molecule has 1 aromatic carbocycles. The zero-order valence-corrected chi connectivity index (χ0v) is 13.9. The lowest BCUT2D eigenvalue weighted by molar-refractivity contribution is 0.0942. The third-order valence-electron chi connectivity index (χ3n) is 5.10. The summed E-state index contributed by atoms with van der Waals surface area (Å²) in [5.74, 6) is 0.306. The molecule has 2 heterocycles. The second-order valence-corrected chi connectivity index (χ2v) is 6.91. The summed E-state index contributed by atoms with van der Waals surface area (Å²) >= 11 is 0. The summed E-state index contributed by atoms with van der Waals surface area (Å²) in [6, 6.07) is 7.94. The highest BCUT2D eigenvalue weighted by atomic mass is 16.2. The average Bonchev–Trinajstić information content (AvgIpc) is 3.34. The number of hydrogen-bond donors (Lipinski definition) is 1. The lowest BCUT2D eigenvalue weighted by atomic mass is 10.1. The molecule has 126 valence electrons. The number of hydrogen-bond acceptors (Lipinski definition) is 4. The average molecular weight is 326 g/mol. The molecule has 0 spiro atoms. The van der Waals surface area contributed by atoms with Crippen molar-refractivity contribution in [3.8, 4) is 0 Å². The van der Waals surface area contributed by atoms with Crippen LogP contribution >= 0.6 is 0 Å². The van der Waals surface area contributed by atoms with E-state index in [1.807, 2.05) is 6.07 Å². The van der Waals surface area contributed by atoms with E-state index in [1.165, 1.54) is 17.5 Å². The van der Waals surface area contributed by atoms with Gasteiger partial charge in [0, 0.05) is 31.6 Å². The van der Waals surface area contributed by atoms with E-state index >= 15 is 0 Å². The summed E-state index contributed by atoms with van der Waals surface area (Å²) in [7, 11) is 1.58. The maximum absolute atomic E-state index is 12.6. The second kappa shape index (κ2) is 6.02. The number of amides is 1. The van der Waals surface area contributed by atoms with Crippen molar-refractivity contribution >= 4 is 16.7 Å². The number of fused-ring (bicyclic) bond motifs is 1. The molecule has 2 fully saturated rings. The molecule has 1 N–H and O–H groups in total. The fourth-order valence-corrected chi connectivity index (χ4v) is 3.59. The summed E-state index contributed by atoms with van der Waals surface area (Å²) in [4.78, 5) is 27.3. The normalized spacial score (nSPS) is 21.3. The van der Waals surface area contributed by atoms with Crippen LogP contribution < -0.4 is 10.9 Å². The standard InChI is InChI=1S/C18H22N4O2/c1-21-18(24)15-5-3-2-4-14(15)16(20-21)17(23)19-10-12-8-9-22(11-12)13-6-7-13/h2-5,12-13H,6-11H2,1H3,(H,19,23). The number of aromatic nitrogens is 2. The molecule has 1 unspecified atom stereocenters. The molecule has 2 aromatic rings. The van der Waals surface area contributed by atoms with Gasteiger partial charge in [-0.1, -0.05) is 18.2 Å². The van der Waals surface area contributed by atoms with Crippen LogP contribution in [0.15, 0.2) is 29.1 Å². The van der Waals surface area contributed by atoms with E-state index in [1.54, 1.807) is 25.2 Å². The molecule has 1 saturated carbocycles.